The van der Waals surface area contributed by atoms with Gasteiger partial charge in [0.25, 0.3) is 0 Å². The number of esters is 1. The maximum Gasteiger partial charge on any atom is 0.415 e. The number of para-hydroxylation sites is 1. The number of halogens is 4. The van der Waals surface area contributed by atoms with Crippen LogP contribution in [0.2, 0.25) is 0 Å². The Bertz CT molecular complexity index is 1810. The number of piperidine rings is 3. The number of fused-ring (bicyclic) bond motifs is 3. The number of carbonyl (C=O) groups excluding carboxylic acids is 2. The molecule has 3 saturated heterocycles. The molecular formula is C37H38Cl2F2N3O6+. The number of ether oxygens (including phenoxy) is 4. The van der Waals surface area contributed by atoms with Crippen LogP contribution in [0.25, 0.3) is 0 Å². The van der Waals surface area contributed by atoms with E-state index in [1.54, 1.807) is 30.5 Å². The van der Waals surface area contributed by atoms with E-state index >= 15 is 8.78 Å². The quantitative estimate of drug-likeness (QED) is 0.221. The van der Waals surface area contributed by atoms with Crippen LogP contribution in [-0.2, 0) is 16.0 Å². The standard InChI is InChI=1S/C37H37Cl2F2N3O6/c1-47-32-10-8-24(16-34(32)48-2)33(17-26-27(38)18-42-19-28(26)39)49-36(45)25-9-7-22(15-30(25)41)20-44(31-6-4-3-5-29(31)40)37(46)50-35-21-43-13-11-23(35)12-14-43/h3-10,15-16,18,23,33,35,42H,11-14,17,19-21H2,1-2H3/p+1/t33-,35-/m0/s1. The number of rotatable bonds is 11. The first-order valence-corrected chi connectivity index (χ1v) is 17.1. The highest BCUT2D eigenvalue weighted by atomic mass is 35.5. The van der Waals surface area contributed by atoms with E-state index in [9.17, 15) is 9.59 Å². The lowest BCUT2D eigenvalue weighted by atomic mass is 9.86. The first-order valence-electron chi connectivity index (χ1n) is 16.4. The van der Waals surface area contributed by atoms with Crippen LogP contribution in [-0.4, -0.2) is 63.5 Å². The maximum absolute atomic E-state index is 15.7. The van der Waals surface area contributed by atoms with Gasteiger partial charge < -0.3 is 24.3 Å². The fourth-order valence-electron chi connectivity index (χ4n) is 6.65. The number of hydrogen-bond donors (Lipinski definition) is 1. The van der Waals surface area contributed by atoms with Crippen LogP contribution >= 0.6 is 23.2 Å². The van der Waals surface area contributed by atoms with Crippen molar-refractivity contribution in [1.82, 2.24) is 4.90 Å². The van der Waals surface area contributed by atoms with Crippen molar-refractivity contribution in [1.29, 1.82) is 0 Å². The lowest BCUT2D eigenvalue weighted by Crippen LogP contribution is -2.79. The van der Waals surface area contributed by atoms with Crippen molar-refractivity contribution in [2.45, 2.75) is 38.0 Å². The second kappa shape index (κ2) is 15.8. The van der Waals surface area contributed by atoms with Gasteiger partial charge in [0, 0.05) is 18.5 Å². The minimum absolute atomic E-state index is 0.00131. The molecule has 4 aliphatic rings. The summed E-state index contributed by atoms with van der Waals surface area (Å²) in [6.07, 6.45) is 1.74. The highest BCUT2D eigenvalue weighted by molar-refractivity contribution is 6.35. The molecule has 0 spiro atoms. The number of methoxy groups -OCH3 is 2. The number of carbonyl (C=O) groups is 2. The number of hydrogen-bond acceptors (Lipinski definition) is 7. The van der Waals surface area contributed by atoms with Crippen LogP contribution in [0.1, 0.15) is 46.9 Å². The summed E-state index contributed by atoms with van der Waals surface area (Å²) in [6.45, 7) is 2.83. The van der Waals surface area contributed by atoms with E-state index in [2.05, 4.69) is 4.90 Å². The SMILES string of the molecule is COc1ccc([C@H](CC2=C(Cl)C[NH2+]C=C2Cl)OC(=O)c2ccc(CN(C(=O)O[C@H]3CN4CCC3CC4)c3ccccc3F)cc2F)cc1OC. The van der Waals surface area contributed by atoms with Crippen LogP contribution in [0.5, 0.6) is 11.5 Å². The molecule has 9 nitrogen and oxygen atoms in total. The van der Waals surface area contributed by atoms with Gasteiger partial charge in [0.1, 0.15) is 36.6 Å². The summed E-state index contributed by atoms with van der Waals surface area (Å²) >= 11 is 13.0. The van der Waals surface area contributed by atoms with Crippen molar-refractivity contribution in [3.63, 3.8) is 0 Å². The molecule has 3 fully saturated rings. The van der Waals surface area contributed by atoms with E-state index in [0.29, 0.717) is 51.4 Å². The Morgan fingerprint density at radius 2 is 1.74 bits per heavy atom. The number of nitrogens with zero attached hydrogens (tertiary/aromatic N) is 2. The summed E-state index contributed by atoms with van der Waals surface area (Å²) < 4.78 is 53.4. The molecule has 2 atom stereocenters. The molecule has 1 amide bonds. The molecule has 2 N–H and O–H groups in total. The van der Waals surface area contributed by atoms with E-state index in [1.165, 1.54) is 44.6 Å². The zero-order chi connectivity index (χ0) is 35.4. The normalized spacial score (nSPS) is 20.5. The Labute approximate surface area is 299 Å². The Morgan fingerprint density at radius 3 is 2.40 bits per heavy atom. The van der Waals surface area contributed by atoms with Crippen molar-refractivity contribution in [2.24, 2.45) is 5.92 Å². The first kappa shape index (κ1) is 35.7. The van der Waals surface area contributed by atoms with Crippen molar-refractivity contribution >= 4 is 41.0 Å². The highest BCUT2D eigenvalue weighted by Gasteiger charge is 2.38. The Balaban J connectivity index is 1.24. The monoisotopic (exact) mass is 728 g/mol. The Hall–Kier alpha value is -4.16. The molecule has 2 bridgehead atoms. The fourth-order valence-corrected chi connectivity index (χ4v) is 7.24. The van der Waals surface area contributed by atoms with Gasteiger partial charge in [0.15, 0.2) is 11.5 Å². The number of benzene rings is 3. The molecule has 7 rings (SSSR count). The van der Waals surface area contributed by atoms with Gasteiger partial charge in [-0.25, -0.2) is 18.4 Å². The molecule has 4 heterocycles. The zero-order valence-corrected chi connectivity index (χ0v) is 29.2. The second-order valence-electron chi connectivity index (χ2n) is 12.5. The third-order valence-electron chi connectivity index (χ3n) is 9.40. The summed E-state index contributed by atoms with van der Waals surface area (Å²) in [4.78, 5) is 30.5. The number of nitrogens with two attached hydrogens (primary N) is 1. The molecule has 13 heteroatoms. The third kappa shape index (κ3) is 7.91. The van der Waals surface area contributed by atoms with Gasteiger partial charge in [-0.1, -0.05) is 47.5 Å². The summed E-state index contributed by atoms with van der Waals surface area (Å²) in [5, 5.41) is 2.73. The van der Waals surface area contributed by atoms with E-state index < -0.39 is 29.8 Å². The molecule has 264 valence electrons. The van der Waals surface area contributed by atoms with Gasteiger partial charge in [-0.3, -0.25) is 9.80 Å². The summed E-state index contributed by atoms with van der Waals surface area (Å²) in [6, 6.07) is 14.8. The largest absolute Gasteiger partial charge is 0.493 e. The molecule has 3 aromatic carbocycles. The van der Waals surface area contributed by atoms with E-state index in [1.807, 2.05) is 5.32 Å². The molecule has 0 aliphatic carbocycles. The topological polar surface area (TPSA) is 94.2 Å². The second-order valence-corrected chi connectivity index (χ2v) is 13.3. The van der Waals surface area contributed by atoms with Crippen LogP contribution < -0.4 is 19.7 Å². The van der Waals surface area contributed by atoms with Crippen LogP contribution in [0.15, 0.2) is 82.5 Å². The molecule has 0 saturated carbocycles. The van der Waals surface area contributed by atoms with Crippen molar-refractivity contribution in [3.05, 3.63) is 111 Å². The minimum Gasteiger partial charge on any atom is -0.493 e. The van der Waals surface area contributed by atoms with E-state index in [0.717, 1.165) is 36.9 Å². The van der Waals surface area contributed by atoms with E-state index in [4.69, 9.17) is 42.1 Å². The molecule has 0 radical (unpaired) electrons. The molecule has 3 aromatic rings. The Morgan fingerprint density at radius 1 is 0.980 bits per heavy atom. The minimum atomic E-state index is -0.930. The van der Waals surface area contributed by atoms with E-state index in [-0.39, 0.29) is 36.2 Å². The zero-order valence-electron chi connectivity index (χ0n) is 27.7. The smallest absolute Gasteiger partial charge is 0.415 e. The number of quaternary nitrogens is 1. The average Bonchev–Trinajstić information content (AvgIpc) is 3.12. The average molecular weight is 730 g/mol. The van der Waals surface area contributed by atoms with Gasteiger partial charge in [0.2, 0.25) is 0 Å². The van der Waals surface area contributed by atoms with Crippen LogP contribution in [0, 0.1) is 17.6 Å². The van der Waals surface area contributed by atoms with Crippen molar-refractivity contribution in [3.8, 4) is 11.5 Å². The van der Waals surface area contributed by atoms with Gasteiger partial charge in [-0.15, -0.1) is 0 Å². The van der Waals surface area contributed by atoms with Crippen LogP contribution in [0.3, 0.4) is 0 Å². The van der Waals surface area contributed by atoms with Gasteiger partial charge in [-0.2, -0.15) is 0 Å². The lowest BCUT2D eigenvalue weighted by Gasteiger charge is -2.44. The fraction of sp³-hybridized carbons (Fsp3) is 0.351. The van der Waals surface area contributed by atoms with Gasteiger partial charge >= 0.3 is 12.1 Å². The first-order chi connectivity index (χ1) is 24.1. The summed E-state index contributed by atoms with van der Waals surface area (Å²) in [7, 11) is 2.99. The third-order valence-corrected chi connectivity index (χ3v) is 10.1. The van der Waals surface area contributed by atoms with Crippen molar-refractivity contribution in [2.75, 3.05) is 45.3 Å². The van der Waals surface area contributed by atoms with Crippen molar-refractivity contribution < 1.29 is 42.6 Å². The summed E-state index contributed by atoms with van der Waals surface area (Å²) in [5.74, 6) is -1.30. The number of anilines is 1. The van der Waals surface area contributed by atoms with Crippen LogP contribution in [0.4, 0.5) is 19.3 Å². The molecular weight excluding hydrogens is 691 g/mol. The van der Waals surface area contributed by atoms with Gasteiger partial charge in [0.05, 0.1) is 42.1 Å². The molecule has 0 aromatic heterocycles. The number of allylic oxidation sites excluding steroid dienone is 1. The lowest BCUT2D eigenvalue weighted by molar-refractivity contribution is -0.580. The molecule has 0 unspecified atom stereocenters. The highest BCUT2D eigenvalue weighted by Crippen LogP contribution is 2.38. The molecule has 4 aliphatic heterocycles. The predicted molar refractivity (Wildman–Crippen MR) is 184 cm³/mol. The van der Waals surface area contributed by atoms with Gasteiger partial charge in [-0.05, 0) is 79.4 Å². The molecule has 50 heavy (non-hydrogen) atoms. The maximum atomic E-state index is 15.7. The summed E-state index contributed by atoms with van der Waals surface area (Å²) in [5.41, 5.74) is 1.13. The predicted octanol–water partition coefficient (Wildman–Crippen LogP) is 6.66. The Kier molecular flexibility index (Phi) is 11.3. The number of amides is 1.